The average molecular weight is 270 g/mol. The smallest absolute Gasteiger partial charge is 0.325 e. The molecule has 0 aromatic heterocycles. The van der Waals surface area contributed by atoms with Gasteiger partial charge in [0.15, 0.2) is 0 Å². The lowest BCUT2D eigenvalue weighted by Gasteiger charge is -2.33. The zero-order valence-corrected chi connectivity index (χ0v) is 12.0. The Bertz CT molecular complexity index is 383. The Balaban J connectivity index is 2.92. The van der Waals surface area contributed by atoms with Gasteiger partial charge in [-0.05, 0) is 12.3 Å². The third kappa shape index (κ3) is 3.05. The van der Waals surface area contributed by atoms with Crippen molar-refractivity contribution in [3.8, 4) is 0 Å². The number of nitrogens with one attached hydrogen (secondary N) is 1. The van der Waals surface area contributed by atoms with Gasteiger partial charge in [-0.25, -0.2) is 0 Å². The molecule has 6 nitrogen and oxygen atoms in total. The quantitative estimate of drug-likeness (QED) is 0.730. The van der Waals surface area contributed by atoms with Crippen LogP contribution in [0.15, 0.2) is 0 Å². The Kier molecular flexibility index (Phi) is 4.91. The molecule has 0 bridgehead atoms. The van der Waals surface area contributed by atoms with Crippen LogP contribution in [0.25, 0.3) is 0 Å². The zero-order chi connectivity index (χ0) is 14.6. The van der Waals surface area contributed by atoms with Gasteiger partial charge in [-0.1, -0.05) is 20.3 Å². The highest BCUT2D eigenvalue weighted by Gasteiger charge is 2.50. The Labute approximate surface area is 113 Å². The molecule has 108 valence electrons. The highest BCUT2D eigenvalue weighted by Crippen LogP contribution is 2.32. The summed E-state index contributed by atoms with van der Waals surface area (Å²) in [5, 5.41) is 2.79. The predicted molar refractivity (Wildman–Crippen MR) is 69.2 cm³/mol. The number of rotatable bonds is 5. The van der Waals surface area contributed by atoms with Gasteiger partial charge in [0, 0.05) is 13.5 Å². The van der Waals surface area contributed by atoms with E-state index in [0.717, 1.165) is 6.42 Å². The van der Waals surface area contributed by atoms with Crippen molar-refractivity contribution in [1.29, 1.82) is 0 Å². The summed E-state index contributed by atoms with van der Waals surface area (Å²) in [5.41, 5.74) is -0.880. The van der Waals surface area contributed by atoms with Crippen LogP contribution < -0.4 is 5.32 Å². The largest absolute Gasteiger partial charge is 0.468 e. The summed E-state index contributed by atoms with van der Waals surface area (Å²) in [5.74, 6) is -0.848. The van der Waals surface area contributed by atoms with E-state index in [1.54, 1.807) is 0 Å². The maximum Gasteiger partial charge on any atom is 0.325 e. The lowest BCUT2D eigenvalue weighted by atomic mass is 9.81. The average Bonchev–Trinajstić information content (AvgIpc) is 2.67. The van der Waals surface area contributed by atoms with Gasteiger partial charge in [0.05, 0.1) is 7.11 Å². The van der Waals surface area contributed by atoms with Gasteiger partial charge in [-0.2, -0.15) is 0 Å². The zero-order valence-electron chi connectivity index (χ0n) is 12.0. The minimum absolute atomic E-state index is 0.0200. The van der Waals surface area contributed by atoms with E-state index in [9.17, 15) is 14.4 Å². The van der Waals surface area contributed by atoms with E-state index in [1.165, 1.54) is 18.9 Å². The van der Waals surface area contributed by atoms with Crippen LogP contribution in [0.2, 0.25) is 0 Å². The van der Waals surface area contributed by atoms with E-state index in [4.69, 9.17) is 0 Å². The van der Waals surface area contributed by atoms with Gasteiger partial charge >= 0.3 is 5.97 Å². The van der Waals surface area contributed by atoms with Crippen molar-refractivity contribution in [3.63, 3.8) is 0 Å². The standard InChI is InChI=1S/C13H22N2O4/c1-5-9(2)13(14-10(3)16)6-7-15(12(13)18)8-11(17)19-4/h9H,5-8H2,1-4H3,(H,14,16). The molecule has 0 spiro atoms. The first kappa shape index (κ1) is 15.5. The molecule has 1 saturated heterocycles. The number of carbonyl (C=O) groups is 3. The van der Waals surface area contributed by atoms with Crippen molar-refractivity contribution >= 4 is 17.8 Å². The molecular formula is C13H22N2O4. The third-order valence-corrected chi connectivity index (χ3v) is 3.85. The molecule has 2 unspecified atom stereocenters. The van der Waals surface area contributed by atoms with Crippen molar-refractivity contribution in [3.05, 3.63) is 0 Å². The molecule has 1 rings (SSSR count). The van der Waals surface area contributed by atoms with E-state index < -0.39 is 11.5 Å². The van der Waals surface area contributed by atoms with E-state index >= 15 is 0 Å². The molecular weight excluding hydrogens is 248 g/mol. The summed E-state index contributed by atoms with van der Waals surface area (Å²) in [6, 6.07) is 0. The Morgan fingerprint density at radius 2 is 2.16 bits per heavy atom. The second kappa shape index (κ2) is 6.04. The first-order chi connectivity index (χ1) is 8.87. The lowest BCUT2D eigenvalue weighted by Crippen LogP contribution is -2.58. The molecule has 1 heterocycles. The summed E-state index contributed by atoms with van der Waals surface area (Å²) in [6.07, 6.45) is 1.30. The number of carbonyl (C=O) groups excluding carboxylic acids is 3. The van der Waals surface area contributed by atoms with Gasteiger partial charge in [0.25, 0.3) is 0 Å². The lowest BCUT2D eigenvalue weighted by molar-refractivity contribution is -0.147. The molecule has 1 fully saturated rings. The predicted octanol–water partition coefficient (Wildman–Crippen LogP) is 0.313. The highest BCUT2D eigenvalue weighted by molar-refractivity contribution is 5.94. The molecule has 0 aromatic carbocycles. The Morgan fingerprint density at radius 1 is 1.53 bits per heavy atom. The number of esters is 1. The number of likely N-dealkylation sites (tertiary alicyclic amines) is 1. The van der Waals surface area contributed by atoms with Crippen LogP contribution in [0.1, 0.15) is 33.6 Å². The van der Waals surface area contributed by atoms with Gasteiger partial charge in [-0.3, -0.25) is 14.4 Å². The number of hydrogen-bond donors (Lipinski definition) is 1. The Hall–Kier alpha value is -1.59. The number of methoxy groups -OCH3 is 1. The van der Waals surface area contributed by atoms with Crippen LogP contribution in [0.4, 0.5) is 0 Å². The summed E-state index contributed by atoms with van der Waals surface area (Å²) < 4.78 is 4.58. The fourth-order valence-electron chi connectivity index (χ4n) is 2.53. The van der Waals surface area contributed by atoms with Crippen molar-refractivity contribution in [1.82, 2.24) is 10.2 Å². The van der Waals surface area contributed by atoms with E-state index in [-0.39, 0.29) is 24.3 Å². The van der Waals surface area contributed by atoms with Crippen molar-refractivity contribution in [2.45, 2.75) is 39.2 Å². The van der Waals surface area contributed by atoms with Gasteiger partial charge in [0.2, 0.25) is 11.8 Å². The van der Waals surface area contributed by atoms with Crippen LogP contribution in [-0.2, 0) is 19.1 Å². The van der Waals surface area contributed by atoms with Gasteiger partial charge in [0.1, 0.15) is 12.1 Å². The second-order valence-electron chi connectivity index (χ2n) is 5.01. The number of hydrogen-bond acceptors (Lipinski definition) is 4. The first-order valence-corrected chi connectivity index (χ1v) is 6.52. The number of nitrogens with zero attached hydrogens (tertiary/aromatic N) is 1. The molecule has 1 aliphatic rings. The fourth-order valence-corrected chi connectivity index (χ4v) is 2.53. The summed E-state index contributed by atoms with van der Waals surface area (Å²) in [6.45, 7) is 5.71. The molecule has 6 heteroatoms. The van der Waals surface area contributed by atoms with Crippen LogP contribution >= 0.6 is 0 Å². The molecule has 2 amide bonds. The monoisotopic (exact) mass is 270 g/mol. The van der Waals surface area contributed by atoms with Gasteiger partial charge < -0.3 is 15.0 Å². The van der Waals surface area contributed by atoms with Gasteiger partial charge in [-0.15, -0.1) is 0 Å². The van der Waals surface area contributed by atoms with Crippen molar-refractivity contribution < 1.29 is 19.1 Å². The first-order valence-electron chi connectivity index (χ1n) is 6.52. The molecule has 1 aliphatic heterocycles. The molecule has 0 aromatic rings. The second-order valence-corrected chi connectivity index (χ2v) is 5.01. The minimum Gasteiger partial charge on any atom is -0.468 e. The molecule has 0 saturated carbocycles. The third-order valence-electron chi connectivity index (χ3n) is 3.85. The maximum atomic E-state index is 12.5. The molecule has 0 radical (unpaired) electrons. The van der Waals surface area contributed by atoms with Crippen LogP contribution in [0, 0.1) is 5.92 Å². The highest BCUT2D eigenvalue weighted by atomic mass is 16.5. The van der Waals surface area contributed by atoms with E-state index in [0.29, 0.717) is 13.0 Å². The number of ether oxygens (including phenoxy) is 1. The van der Waals surface area contributed by atoms with Crippen molar-refractivity contribution in [2.75, 3.05) is 20.2 Å². The van der Waals surface area contributed by atoms with Crippen LogP contribution in [-0.4, -0.2) is 48.4 Å². The molecule has 19 heavy (non-hydrogen) atoms. The minimum atomic E-state index is -0.880. The summed E-state index contributed by atoms with van der Waals surface area (Å²) in [4.78, 5) is 36.6. The summed E-state index contributed by atoms with van der Waals surface area (Å²) >= 11 is 0. The van der Waals surface area contributed by atoms with Crippen molar-refractivity contribution in [2.24, 2.45) is 5.92 Å². The van der Waals surface area contributed by atoms with Crippen LogP contribution in [0.5, 0.6) is 0 Å². The van der Waals surface area contributed by atoms with E-state index in [2.05, 4.69) is 10.1 Å². The molecule has 2 atom stereocenters. The summed E-state index contributed by atoms with van der Waals surface area (Å²) in [7, 11) is 1.29. The maximum absolute atomic E-state index is 12.5. The normalized spacial score (nSPS) is 24.2. The van der Waals surface area contributed by atoms with Crippen LogP contribution in [0.3, 0.4) is 0 Å². The molecule has 0 aliphatic carbocycles. The number of amides is 2. The molecule has 1 N–H and O–H groups in total. The fraction of sp³-hybridized carbons (Fsp3) is 0.769. The topological polar surface area (TPSA) is 75.7 Å². The van der Waals surface area contributed by atoms with E-state index in [1.807, 2.05) is 13.8 Å². The SMILES string of the molecule is CCC(C)C1(NC(C)=O)CCN(CC(=O)OC)C1=O. The Morgan fingerprint density at radius 3 is 2.63 bits per heavy atom.